The van der Waals surface area contributed by atoms with Gasteiger partial charge in [-0.1, -0.05) is 15.9 Å². The number of pyridine rings is 1. The van der Waals surface area contributed by atoms with Crippen molar-refractivity contribution in [3.8, 4) is 5.75 Å². The van der Waals surface area contributed by atoms with Gasteiger partial charge in [-0.15, -0.1) is 0 Å². The molecule has 0 N–H and O–H groups in total. The summed E-state index contributed by atoms with van der Waals surface area (Å²) in [5, 5.41) is 0.894. The fourth-order valence-electron chi connectivity index (χ4n) is 1.79. The maximum absolute atomic E-state index is 11.7. The molecule has 94 valence electrons. The van der Waals surface area contributed by atoms with E-state index in [4.69, 9.17) is 9.47 Å². The summed E-state index contributed by atoms with van der Waals surface area (Å²) in [7, 11) is 2.85. The van der Waals surface area contributed by atoms with Crippen molar-refractivity contribution in [2.24, 2.45) is 0 Å². The van der Waals surface area contributed by atoms with Gasteiger partial charge in [-0.3, -0.25) is 0 Å². The number of hydrogen-bond donors (Lipinski definition) is 0. The Labute approximate surface area is 113 Å². The molecule has 0 saturated carbocycles. The number of fused-ring (bicyclic) bond motifs is 1. The van der Waals surface area contributed by atoms with E-state index in [9.17, 15) is 4.79 Å². The summed E-state index contributed by atoms with van der Waals surface area (Å²) in [6, 6.07) is 5.53. The van der Waals surface area contributed by atoms with Crippen LogP contribution in [0.25, 0.3) is 10.9 Å². The Morgan fingerprint density at radius 1 is 1.33 bits per heavy atom. The molecule has 0 bridgehead atoms. The van der Waals surface area contributed by atoms with Crippen LogP contribution in [0.3, 0.4) is 0 Å². The summed E-state index contributed by atoms with van der Waals surface area (Å²) >= 11 is 3.43. The van der Waals surface area contributed by atoms with E-state index in [0.717, 1.165) is 15.6 Å². The Bertz CT molecular complexity index is 625. The second kappa shape index (κ2) is 4.94. The maximum Gasteiger partial charge on any atom is 0.341 e. The maximum atomic E-state index is 11.7. The first-order valence-electron chi connectivity index (χ1n) is 5.30. The Morgan fingerprint density at radius 2 is 2.06 bits per heavy atom. The average Bonchev–Trinajstić information content (AvgIpc) is 2.37. The van der Waals surface area contributed by atoms with Gasteiger partial charge in [-0.05, 0) is 25.1 Å². The van der Waals surface area contributed by atoms with Crippen molar-refractivity contribution < 1.29 is 14.3 Å². The zero-order valence-corrected chi connectivity index (χ0v) is 11.9. The molecule has 5 heteroatoms. The zero-order chi connectivity index (χ0) is 13.3. The van der Waals surface area contributed by atoms with E-state index < -0.39 is 5.97 Å². The molecule has 0 saturated heterocycles. The lowest BCUT2D eigenvalue weighted by Crippen LogP contribution is -2.05. The standard InChI is InChI=1S/C13H12BrNO3/c1-7-4-5-8-10(14)6-9(13(16)18-3)12(17-2)11(8)15-7/h4-6H,1-3H3. The summed E-state index contributed by atoms with van der Waals surface area (Å²) in [4.78, 5) is 16.1. The first-order valence-corrected chi connectivity index (χ1v) is 6.10. The van der Waals surface area contributed by atoms with Gasteiger partial charge in [0.1, 0.15) is 11.1 Å². The molecule has 2 rings (SSSR count). The highest BCUT2D eigenvalue weighted by Crippen LogP contribution is 2.34. The molecule has 0 aliphatic carbocycles. The van der Waals surface area contributed by atoms with Crippen molar-refractivity contribution >= 4 is 32.8 Å². The zero-order valence-electron chi connectivity index (χ0n) is 10.3. The van der Waals surface area contributed by atoms with Gasteiger partial charge < -0.3 is 9.47 Å². The molecule has 0 fully saturated rings. The third-order valence-corrected chi connectivity index (χ3v) is 3.29. The molecule has 0 unspecified atom stereocenters. The van der Waals surface area contributed by atoms with Crippen LogP contribution in [0.15, 0.2) is 22.7 Å². The van der Waals surface area contributed by atoms with Crippen LogP contribution >= 0.6 is 15.9 Å². The molecular formula is C13H12BrNO3. The second-order valence-corrected chi connectivity index (χ2v) is 4.63. The normalized spacial score (nSPS) is 10.4. The number of carbonyl (C=O) groups excluding carboxylic acids is 1. The number of benzene rings is 1. The molecule has 2 aromatic rings. The van der Waals surface area contributed by atoms with Gasteiger partial charge >= 0.3 is 5.97 Å². The van der Waals surface area contributed by atoms with Crippen LogP contribution in [0, 0.1) is 6.92 Å². The number of esters is 1. The quantitative estimate of drug-likeness (QED) is 0.800. The molecule has 1 heterocycles. The summed E-state index contributed by atoms with van der Waals surface area (Å²) in [5.41, 5.74) is 1.86. The largest absolute Gasteiger partial charge is 0.494 e. The molecular weight excluding hydrogens is 298 g/mol. The van der Waals surface area contributed by atoms with Crippen LogP contribution in [0.5, 0.6) is 5.75 Å². The number of rotatable bonds is 2. The molecule has 1 aromatic heterocycles. The van der Waals surface area contributed by atoms with E-state index in [1.165, 1.54) is 14.2 Å². The minimum atomic E-state index is -0.447. The van der Waals surface area contributed by atoms with E-state index in [0.29, 0.717) is 16.8 Å². The SMILES string of the molecule is COC(=O)c1cc(Br)c2ccc(C)nc2c1OC. The van der Waals surface area contributed by atoms with Crippen LogP contribution in [0.4, 0.5) is 0 Å². The van der Waals surface area contributed by atoms with Crippen molar-refractivity contribution in [3.63, 3.8) is 0 Å². The molecule has 18 heavy (non-hydrogen) atoms. The molecule has 4 nitrogen and oxygen atoms in total. The van der Waals surface area contributed by atoms with E-state index >= 15 is 0 Å². The number of halogens is 1. The van der Waals surface area contributed by atoms with Gasteiger partial charge in [-0.2, -0.15) is 0 Å². The lowest BCUT2D eigenvalue weighted by molar-refractivity contribution is 0.0597. The Balaban J connectivity index is 2.85. The Morgan fingerprint density at radius 3 is 2.67 bits per heavy atom. The minimum absolute atomic E-state index is 0.359. The lowest BCUT2D eigenvalue weighted by Gasteiger charge is -2.11. The first kappa shape index (κ1) is 12.8. The van der Waals surface area contributed by atoms with Gasteiger partial charge in [0.05, 0.1) is 14.2 Å². The van der Waals surface area contributed by atoms with Crippen molar-refractivity contribution in [2.45, 2.75) is 6.92 Å². The summed E-state index contributed by atoms with van der Waals surface area (Å²) in [6.07, 6.45) is 0. The number of hydrogen-bond acceptors (Lipinski definition) is 4. The smallest absolute Gasteiger partial charge is 0.341 e. The summed E-state index contributed by atoms with van der Waals surface area (Å²) < 4.78 is 10.8. The van der Waals surface area contributed by atoms with Gasteiger partial charge in [0.2, 0.25) is 0 Å². The molecule has 0 spiro atoms. The summed E-state index contributed by atoms with van der Waals surface area (Å²) in [6.45, 7) is 1.89. The fourth-order valence-corrected chi connectivity index (χ4v) is 2.34. The van der Waals surface area contributed by atoms with Gasteiger partial charge in [-0.25, -0.2) is 9.78 Å². The van der Waals surface area contributed by atoms with Crippen LogP contribution < -0.4 is 4.74 Å². The average molecular weight is 310 g/mol. The highest BCUT2D eigenvalue weighted by atomic mass is 79.9. The van der Waals surface area contributed by atoms with Crippen molar-refractivity contribution in [3.05, 3.63) is 33.9 Å². The van der Waals surface area contributed by atoms with Crippen LogP contribution in [0.1, 0.15) is 16.1 Å². The minimum Gasteiger partial charge on any atom is -0.494 e. The highest BCUT2D eigenvalue weighted by Gasteiger charge is 2.19. The molecule has 0 aliphatic heterocycles. The van der Waals surface area contributed by atoms with E-state index in [1.807, 2.05) is 19.1 Å². The number of nitrogens with zero attached hydrogens (tertiary/aromatic N) is 1. The number of ether oxygens (including phenoxy) is 2. The Kier molecular flexibility index (Phi) is 3.52. The third kappa shape index (κ3) is 2.06. The molecule has 1 aromatic carbocycles. The monoisotopic (exact) mass is 309 g/mol. The van der Waals surface area contributed by atoms with Crippen LogP contribution in [-0.2, 0) is 4.74 Å². The molecule has 0 atom stereocenters. The van der Waals surface area contributed by atoms with Gasteiger partial charge in [0.25, 0.3) is 0 Å². The Hall–Kier alpha value is -1.62. The van der Waals surface area contributed by atoms with Gasteiger partial charge in [0, 0.05) is 15.6 Å². The first-order chi connectivity index (χ1) is 8.58. The van der Waals surface area contributed by atoms with Crippen LogP contribution in [0.2, 0.25) is 0 Å². The number of carbonyl (C=O) groups is 1. The number of methoxy groups -OCH3 is 2. The number of aromatic nitrogens is 1. The predicted octanol–water partition coefficient (Wildman–Crippen LogP) is 3.10. The molecule has 0 amide bonds. The summed E-state index contributed by atoms with van der Waals surface area (Å²) in [5.74, 6) is -0.0125. The second-order valence-electron chi connectivity index (χ2n) is 3.78. The third-order valence-electron chi connectivity index (χ3n) is 2.63. The van der Waals surface area contributed by atoms with E-state index in [1.54, 1.807) is 6.07 Å². The van der Waals surface area contributed by atoms with Gasteiger partial charge in [0.15, 0.2) is 5.75 Å². The number of aryl methyl sites for hydroxylation is 1. The van der Waals surface area contributed by atoms with Crippen LogP contribution in [-0.4, -0.2) is 25.2 Å². The predicted molar refractivity (Wildman–Crippen MR) is 72.1 cm³/mol. The van der Waals surface area contributed by atoms with Crippen molar-refractivity contribution in [1.82, 2.24) is 4.98 Å². The van der Waals surface area contributed by atoms with E-state index in [2.05, 4.69) is 20.9 Å². The molecule has 0 aliphatic rings. The van der Waals surface area contributed by atoms with Crippen molar-refractivity contribution in [1.29, 1.82) is 0 Å². The molecule has 0 radical (unpaired) electrons. The lowest BCUT2D eigenvalue weighted by atomic mass is 10.1. The van der Waals surface area contributed by atoms with Crippen molar-refractivity contribution in [2.75, 3.05) is 14.2 Å². The fraction of sp³-hybridized carbons (Fsp3) is 0.231. The topological polar surface area (TPSA) is 48.4 Å². The van der Waals surface area contributed by atoms with E-state index in [-0.39, 0.29) is 0 Å². The highest BCUT2D eigenvalue weighted by molar-refractivity contribution is 9.10.